The summed E-state index contributed by atoms with van der Waals surface area (Å²) in [5, 5.41) is 8.94. The van der Waals surface area contributed by atoms with Crippen molar-refractivity contribution in [2.75, 3.05) is 0 Å². The third-order valence-corrected chi connectivity index (χ3v) is 2.78. The summed E-state index contributed by atoms with van der Waals surface area (Å²) in [5.41, 5.74) is 2.22. The Kier molecular flexibility index (Phi) is 4.55. The Morgan fingerprint density at radius 2 is 2.06 bits per heavy atom. The van der Waals surface area contributed by atoms with Gasteiger partial charge in [0.25, 0.3) is 0 Å². The molecule has 0 bridgehead atoms. The van der Waals surface area contributed by atoms with E-state index < -0.39 is 12.1 Å². The van der Waals surface area contributed by atoms with Crippen LogP contribution in [0.5, 0.6) is 5.75 Å². The predicted octanol–water partition coefficient (Wildman–Crippen LogP) is 3.36. The Morgan fingerprint density at radius 3 is 2.47 bits per heavy atom. The molecule has 1 N–H and O–H groups in total. The van der Waals surface area contributed by atoms with Crippen LogP contribution in [-0.2, 0) is 4.79 Å². The standard InChI is InChI=1S/C14H20O3/c1-5-12(14(15)16)17-13-7-6-11(9(2)3)8-10(13)4/h6-9,12H,5H2,1-4H3,(H,15,16)/t12-/m0/s1. The molecule has 0 saturated carbocycles. The van der Waals surface area contributed by atoms with Gasteiger partial charge in [0.1, 0.15) is 5.75 Å². The molecule has 1 rings (SSSR count). The van der Waals surface area contributed by atoms with E-state index in [0.717, 1.165) is 5.56 Å². The molecule has 0 unspecified atom stereocenters. The zero-order valence-electron chi connectivity index (χ0n) is 10.9. The van der Waals surface area contributed by atoms with Crippen LogP contribution in [0.15, 0.2) is 18.2 Å². The first-order chi connectivity index (χ1) is 7.95. The first-order valence-electron chi connectivity index (χ1n) is 5.95. The molecule has 17 heavy (non-hydrogen) atoms. The van der Waals surface area contributed by atoms with Gasteiger partial charge >= 0.3 is 5.97 Å². The molecule has 0 fully saturated rings. The fourth-order valence-corrected chi connectivity index (χ4v) is 1.63. The van der Waals surface area contributed by atoms with E-state index >= 15 is 0 Å². The number of carbonyl (C=O) groups is 1. The van der Waals surface area contributed by atoms with Crippen molar-refractivity contribution >= 4 is 5.97 Å². The summed E-state index contributed by atoms with van der Waals surface area (Å²) < 4.78 is 5.49. The predicted molar refractivity (Wildman–Crippen MR) is 67.6 cm³/mol. The molecule has 94 valence electrons. The molecule has 0 radical (unpaired) electrons. The van der Waals surface area contributed by atoms with E-state index in [2.05, 4.69) is 19.9 Å². The van der Waals surface area contributed by atoms with Crippen LogP contribution in [0.25, 0.3) is 0 Å². The highest BCUT2D eigenvalue weighted by Crippen LogP contribution is 2.24. The number of carboxylic acid groups (broad SMARTS) is 1. The Bertz CT molecular complexity index is 396. The van der Waals surface area contributed by atoms with Crippen LogP contribution in [0.4, 0.5) is 0 Å². The van der Waals surface area contributed by atoms with Crippen molar-refractivity contribution in [2.24, 2.45) is 0 Å². The van der Waals surface area contributed by atoms with E-state index in [1.165, 1.54) is 5.56 Å². The van der Waals surface area contributed by atoms with E-state index in [-0.39, 0.29) is 0 Å². The normalized spacial score (nSPS) is 12.5. The number of rotatable bonds is 5. The summed E-state index contributed by atoms with van der Waals surface area (Å²) in [4.78, 5) is 10.9. The maximum absolute atomic E-state index is 10.9. The molecule has 1 atom stereocenters. The molecule has 1 aromatic rings. The maximum Gasteiger partial charge on any atom is 0.344 e. The minimum atomic E-state index is -0.917. The Morgan fingerprint density at radius 1 is 1.41 bits per heavy atom. The fourth-order valence-electron chi connectivity index (χ4n) is 1.63. The van der Waals surface area contributed by atoms with Crippen LogP contribution >= 0.6 is 0 Å². The van der Waals surface area contributed by atoms with Crippen LogP contribution in [-0.4, -0.2) is 17.2 Å². The molecular formula is C14H20O3. The topological polar surface area (TPSA) is 46.5 Å². The van der Waals surface area contributed by atoms with Gasteiger partial charge < -0.3 is 9.84 Å². The molecule has 3 heteroatoms. The van der Waals surface area contributed by atoms with Crippen LogP contribution in [0.1, 0.15) is 44.2 Å². The molecule has 0 aromatic heterocycles. The van der Waals surface area contributed by atoms with Crippen molar-refractivity contribution in [2.45, 2.75) is 46.1 Å². The third kappa shape index (κ3) is 3.48. The van der Waals surface area contributed by atoms with Crippen molar-refractivity contribution in [3.8, 4) is 5.75 Å². The highest BCUT2D eigenvalue weighted by atomic mass is 16.5. The first kappa shape index (κ1) is 13.6. The van der Waals surface area contributed by atoms with Gasteiger partial charge in [-0.05, 0) is 36.5 Å². The average Bonchev–Trinajstić information content (AvgIpc) is 2.26. The van der Waals surface area contributed by atoms with Gasteiger partial charge in [0.2, 0.25) is 0 Å². The van der Waals surface area contributed by atoms with Gasteiger partial charge in [-0.3, -0.25) is 0 Å². The van der Waals surface area contributed by atoms with Crippen molar-refractivity contribution in [3.63, 3.8) is 0 Å². The van der Waals surface area contributed by atoms with Crippen molar-refractivity contribution in [3.05, 3.63) is 29.3 Å². The third-order valence-electron chi connectivity index (χ3n) is 2.78. The Balaban J connectivity index is 2.89. The second-order valence-electron chi connectivity index (χ2n) is 4.53. The quantitative estimate of drug-likeness (QED) is 0.852. The van der Waals surface area contributed by atoms with E-state index in [9.17, 15) is 4.79 Å². The van der Waals surface area contributed by atoms with Crippen LogP contribution < -0.4 is 4.74 Å². The summed E-state index contributed by atoms with van der Waals surface area (Å²) >= 11 is 0. The summed E-state index contributed by atoms with van der Waals surface area (Å²) in [6, 6.07) is 5.90. The zero-order valence-corrected chi connectivity index (χ0v) is 10.9. The van der Waals surface area contributed by atoms with Gasteiger partial charge in [0, 0.05) is 0 Å². The van der Waals surface area contributed by atoms with Gasteiger partial charge in [-0.25, -0.2) is 4.79 Å². The Hall–Kier alpha value is -1.51. The van der Waals surface area contributed by atoms with Crippen molar-refractivity contribution < 1.29 is 14.6 Å². The minimum absolute atomic E-state index is 0.459. The largest absolute Gasteiger partial charge is 0.479 e. The fraction of sp³-hybridized carbons (Fsp3) is 0.500. The lowest BCUT2D eigenvalue weighted by Gasteiger charge is -2.16. The second-order valence-corrected chi connectivity index (χ2v) is 4.53. The molecule has 0 aliphatic rings. The van der Waals surface area contributed by atoms with Crippen molar-refractivity contribution in [1.29, 1.82) is 0 Å². The SMILES string of the molecule is CC[C@H](Oc1ccc(C(C)C)cc1C)C(=O)O. The number of aryl methyl sites for hydroxylation is 1. The first-order valence-corrected chi connectivity index (χ1v) is 5.95. The second kappa shape index (κ2) is 5.71. The van der Waals surface area contributed by atoms with Gasteiger partial charge in [-0.1, -0.05) is 32.9 Å². The lowest BCUT2D eigenvalue weighted by Crippen LogP contribution is -2.26. The Labute approximate surface area is 102 Å². The number of aliphatic carboxylic acids is 1. The van der Waals surface area contributed by atoms with Crippen LogP contribution in [0.3, 0.4) is 0 Å². The van der Waals surface area contributed by atoms with E-state index in [0.29, 0.717) is 18.1 Å². The van der Waals surface area contributed by atoms with E-state index in [1.807, 2.05) is 19.1 Å². The maximum atomic E-state index is 10.9. The van der Waals surface area contributed by atoms with E-state index in [1.54, 1.807) is 6.92 Å². The highest BCUT2D eigenvalue weighted by molar-refractivity contribution is 5.72. The molecule has 3 nitrogen and oxygen atoms in total. The smallest absolute Gasteiger partial charge is 0.344 e. The minimum Gasteiger partial charge on any atom is -0.479 e. The van der Waals surface area contributed by atoms with Crippen LogP contribution in [0.2, 0.25) is 0 Å². The molecule has 1 aromatic carbocycles. The average molecular weight is 236 g/mol. The van der Waals surface area contributed by atoms with Gasteiger partial charge in [0.05, 0.1) is 0 Å². The summed E-state index contributed by atoms with van der Waals surface area (Å²) in [7, 11) is 0. The molecule has 0 spiro atoms. The van der Waals surface area contributed by atoms with Gasteiger partial charge in [0.15, 0.2) is 6.10 Å². The molecule has 0 aliphatic heterocycles. The lowest BCUT2D eigenvalue weighted by molar-refractivity contribution is -0.145. The van der Waals surface area contributed by atoms with Gasteiger partial charge in [-0.2, -0.15) is 0 Å². The summed E-state index contributed by atoms with van der Waals surface area (Å²) in [6.45, 7) is 8.00. The zero-order chi connectivity index (χ0) is 13.0. The lowest BCUT2D eigenvalue weighted by atomic mass is 10.0. The number of hydrogen-bond acceptors (Lipinski definition) is 2. The number of benzene rings is 1. The summed E-state index contributed by atoms with van der Waals surface area (Å²) in [5.74, 6) is 0.202. The van der Waals surface area contributed by atoms with E-state index in [4.69, 9.17) is 9.84 Å². The number of ether oxygens (including phenoxy) is 1. The van der Waals surface area contributed by atoms with Crippen molar-refractivity contribution in [1.82, 2.24) is 0 Å². The highest BCUT2D eigenvalue weighted by Gasteiger charge is 2.17. The molecular weight excluding hydrogens is 216 g/mol. The number of hydrogen-bond donors (Lipinski definition) is 1. The molecule has 0 aliphatic carbocycles. The molecule has 0 heterocycles. The van der Waals surface area contributed by atoms with Gasteiger partial charge in [-0.15, -0.1) is 0 Å². The summed E-state index contributed by atoms with van der Waals surface area (Å²) in [6.07, 6.45) is -0.306. The monoisotopic (exact) mass is 236 g/mol. The number of carboxylic acids is 1. The molecule has 0 saturated heterocycles. The molecule has 0 amide bonds. The van der Waals surface area contributed by atoms with Crippen LogP contribution in [0, 0.1) is 6.92 Å².